The number of aromatic hydroxyl groups is 1. The smallest absolute Gasteiger partial charge is 0.267 e. The van der Waals surface area contributed by atoms with Gasteiger partial charge >= 0.3 is 0 Å². The lowest BCUT2D eigenvalue weighted by molar-refractivity contribution is 0.477. The lowest BCUT2D eigenvalue weighted by Gasteiger charge is -2.02. The third kappa shape index (κ3) is 1.56. The summed E-state index contributed by atoms with van der Waals surface area (Å²) in [6.45, 7) is 0. The van der Waals surface area contributed by atoms with Gasteiger partial charge in [0.05, 0.1) is 5.69 Å². The molecule has 2 aromatic rings. The van der Waals surface area contributed by atoms with Gasteiger partial charge in [0.25, 0.3) is 5.95 Å². The zero-order valence-corrected chi connectivity index (χ0v) is 6.60. The number of phenolic OH excluding ortho intramolecular Hbond substituents is 1. The fourth-order valence-corrected chi connectivity index (χ4v) is 0.915. The second kappa shape index (κ2) is 3.10. The van der Waals surface area contributed by atoms with Crippen LogP contribution in [-0.2, 0) is 0 Å². The topological polar surface area (TPSA) is 86.7 Å². The Hall–Kier alpha value is -2.11. The molecule has 0 saturated heterocycles. The first-order valence-corrected chi connectivity index (χ1v) is 3.65. The Morgan fingerprint density at radius 3 is 2.85 bits per heavy atom. The van der Waals surface area contributed by atoms with E-state index in [0.29, 0.717) is 11.6 Å². The van der Waals surface area contributed by atoms with Crippen LogP contribution in [0.15, 0.2) is 24.3 Å². The molecule has 6 heteroatoms. The molecule has 3 N–H and O–H groups in total. The van der Waals surface area contributed by atoms with Gasteiger partial charge in [-0.1, -0.05) is 17.2 Å². The predicted octanol–water partition coefficient (Wildman–Crippen LogP) is 0.649. The minimum absolute atomic E-state index is 0.146. The lowest BCUT2D eigenvalue weighted by atomic mass is 10.3. The molecular weight excluding hydrogens is 170 g/mol. The van der Waals surface area contributed by atoms with E-state index >= 15 is 0 Å². The summed E-state index contributed by atoms with van der Waals surface area (Å²) in [5.41, 5.74) is 0.545. The number of nitrogens with zero attached hydrogens (tertiary/aromatic N) is 3. The number of rotatable bonds is 2. The Labute approximate surface area is 73.6 Å². The molecule has 1 heterocycles. The molecule has 0 atom stereocenters. The number of H-pyrrole nitrogens is 1. The zero-order chi connectivity index (χ0) is 9.10. The van der Waals surface area contributed by atoms with E-state index in [0.717, 1.165) is 0 Å². The Morgan fingerprint density at radius 2 is 2.15 bits per heavy atom. The molecule has 0 fully saturated rings. The molecule has 1 aromatic heterocycles. The van der Waals surface area contributed by atoms with Gasteiger partial charge in [0.2, 0.25) is 0 Å². The molecular formula is C7H7N5O. The standard InChI is InChI=1S/C7H7N5O/c13-6-4-2-1-3-5(6)8-7-9-11-12-10-7/h1-4,13H,(H2,8,9,10,11,12). The van der Waals surface area contributed by atoms with Crippen LogP contribution in [0, 0.1) is 0 Å². The molecule has 6 nitrogen and oxygen atoms in total. The van der Waals surface area contributed by atoms with Crippen LogP contribution in [0.4, 0.5) is 11.6 Å². The van der Waals surface area contributed by atoms with Gasteiger partial charge < -0.3 is 10.4 Å². The summed E-state index contributed by atoms with van der Waals surface area (Å²) in [4.78, 5) is 0. The first-order chi connectivity index (χ1) is 6.36. The van der Waals surface area contributed by atoms with Crippen molar-refractivity contribution >= 4 is 11.6 Å². The van der Waals surface area contributed by atoms with Gasteiger partial charge in [-0.15, -0.1) is 5.10 Å². The average Bonchev–Trinajstić information content (AvgIpc) is 2.61. The molecule has 1 aromatic carbocycles. The van der Waals surface area contributed by atoms with Crippen LogP contribution in [0.1, 0.15) is 0 Å². The maximum absolute atomic E-state index is 9.36. The number of anilines is 2. The van der Waals surface area contributed by atoms with Gasteiger partial charge in [0.15, 0.2) is 0 Å². The van der Waals surface area contributed by atoms with Crippen molar-refractivity contribution < 1.29 is 5.11 Å². The molecule has 0 saturated carbocycles. The minimum atomic E-state index is 0.146. The van der Waals surface area contributed by atoms with Crippen molar-refractivity contribution in [3.8, 4) is 5.75 Å². The fourth-order valence-electron chi connectivity index (χ4n) is 0.915. The molecule has 0 aliphatic carbocycles. The van der Waals surface area contributed by atoms with Crippen LogP contribution in [0.3, 0.4) is 0 Å². The van der Waals surface area contributed by atoms with E-state index in [1.54, 1.807) is 24.3 Å². The molecule has 2 rings (SSSR count). The second-order valence-corrected chi connectivity index (χ2v) is 2.38. The summed E-state index contributed by atoms with van der Waals surface area (Å²) >= 11 is 0. The van der Waals surface area contributed by atoms with Crippen LogP contribution in [0.2, 0.25) is 0 Å². The van der Waals surface area contributed by atoms with E-state index in [9.17, 15) is 5.11 Å². The Kier molecular flexibility index (Phi) is 1.79. The minimum Gasteiger partial charge on any atom is -0.506 e. The van der Waals surface area contributed by atoms with Gasteiger partial charge in [-0.2, -0.15) is 5.21 Å². The van der Waals surface area contributed by atoms with Crippen LogP contribution >= 0.6 is 0 Å². The highest BCUT2D eigenvalue weighted by Crippen LogP contribution is 2.23. The number of hydrogen-bond donors (Lipinski definition) is 3. The molecule has 66 valence electrons. The summed E-state index contributed by atoms with van der Waals surface area (Å²) in [5.74, 6) is 0.466. The summed E-state index contributed by atoms with van der Waals surface area (Å²) < 4.78 is 0. The van der Waals surface area contributed by atoms with E-state index < -0.39 is 0 Å². The molecule has 0 bridgehead atoms. The highest BCUT2D eigenvalue weighted by atomic mass is 16.3. The number of phenols is 1. The summed E-state index contributed by atoms with van der Waals surface area (Å²) in [7, 11) is 0. The molecule has 0 spiro atoms. The number of benzene rings is 1. The van der Waals surface area contributed by atoms with Crippen molar-refractivity contribution in [1.29, 1.82) is 0 Å². The van der Waals surface area contributed by atoms with Gasteiger partial charge in [-0.25, -0.2) is 0 Å². The lowest BCUT2D eigenvalue weighted by Crippen LogP contribution is -1.92. The Morgan fingerprint density at radius 1 is 1.31 bits per heavy atom. The monoisotopic (exact) mass is 177 g/mol. The molecule has 13 heavy (non-hydrogen) atoms. The number of para-hydroxylation sites is 2. The van der Waals surface area contributed by atoms with E-state index in [4.69, 9.17) is 0 Å². The van der Waals surface area contributed by atoms with E-state index in [-0.39, 0.29) is 5.75 Å². The first kappa shape index (κ1) is 7.53. The van der Waals surface area contributed by atoms with Crippen molar-refractivity contribution in [2.24, 2.45) is 0 Å². The van der Waals surface area contributed by atoms with Crippen LogP contribution in [0.5, 0.6) is 5.75 Å². The molecule has 0 aliphatic heterocycles. The maximum atomic E-state index is 9.36. The van der Waals surface area contributed by atoms with Gasteiger partial charge in [0.1, 0.15) is 5.75 Å². The van der Waals surface area contributed by atoms with Crippen molar-refractivity contribution in [1.82, 2.24) is 20.6 Å². The van der Waals surface area contributed by atoms with Gasteiger partial charge in [-0.05, 0) is 17.3 Å². The SMILES string of the molecule is Oc1ccccc1Nc1nn[nH]n1. The molecule has 0 radical (unpaired) electrons. The summed E-state index contributed by atoms with van der Waals surface area (Å²) in [6, 6.07) is 6.81. The number of tetrazole rings is 1. The second-order valence-electron chi connectivity index (χ2n) is 2.38. The average molecular weight is 177 g/mol. The summed E-state index contributed by atoms with van der Waals surface area (Å²) in [5, 5.41) is 25.2. The zero-order valence-electron chi connectivity index (χ0n) is 6.60. The number of hydrogen-bond acceptors (Lipinski definition) is 5. The highest BCUT2D eigenvalue weighted by molar-refractivity contribution is 5.60. The first-order valence-electron chi connectivity index (χ1n) is 3.65. The largest absolute Gasteiger partial charge is 0.506 e. The quantitative estimate of drug-likeness (QED) is 0.586. The Balaban J connectivity index is 2.24. The fraction of sp³-hybridized carbons (Fsp3) is 0. The molecule has 0 amide bonds. The third-order valence-electron chi connectivity index (χ3n) is 1.50. The molecule has 0 aliphatic rings. The maximum Gasteiger partial charge on any atom is 0.267 e. The van der Waals surface area contributed by atoms with Gasteiger partial charge in [0, 0.05) is 0 Å². The summed E-state index contributed by atoms with van der Waals surface area (Å²) in [6.07, 6.45) is 0. The van der Waals surface area contributed by atoms with Crippen LogP contribution in [-0.4, -0.2) is 25.7 Å². The number of aromatic amines is 1. The normalized spacial score (nSPS) is 9.85. The Bertz CT molecular complexity index is 386. The van der Waals surface area contributed by atoms with Crippen molar-refractivity contribution in [2.45, 2.75) is 0 Å². The number of aromatic nitrogens is 4. The van der Waals surface area contributed by atoms with Gasteiger partial charge in [-0.3, -0.25) is 0 Å². The molecule has 0 unspecified atom stereocenters. The van der Waals surface area contributed by atoms with Crippen molar-refractivity contribution in [3.63, 3.8) is 0 Å². The van der Waals surface area contributed by atoms with Crippen molar-refractivity contribution in [2.75, 3.05) is 5.32 Å². The predicted molar refractivity (Wildman–Crippen MR) is 45.6 cm³/mol. The van der Waals surface area contributed by atoms with Crippen LogP contribution in [0.25, 0.3) is 0 Å². The number of nitrogens with one attached hydrogen (secondary N) is 2. The van der Waals surface area contributed by atoms with E-state index in [1.807, 2.05) is 0 Å². The van der Waals surface area contributed by atoms with Crippen LogP contribution < -0.4 is 5.32 Å². The third-order valence-corrected chi connectivity index (χ3v) is 1.50. The van der Waals surface area contributed by atoms with E-state index in [1.165, 1.54) is 0 Å². The van der Waals surface area contributed by atoms with E-state index in [2.05, 4.69) is 25.9 Å². The highest BCUT2D eigenvalue weighted by Gasteiger charge is 2.01. The van der Waals surface area contributed by atoms with Crippen molar-refractivity contribution in [3.05, 3.63) is 24.3 Å².